The molecule has 5 heteroatoms. The molecule has 0 bridgehead atoms. The summed E-state index contributed by atoms with van der Waals surface area (Å²) < 4.78 is 29.9. The summed E-state index contributed by atoms with van der Waals surface area (Å²) in [4.78, 5) is 0.528. The zero-order valence-electron chi connectivity index (χ0n) is 17.0. The normalized spacial score (nSPS) is 22.1. The highest BCUT2D eigenvalue weighted by atomic mass is 79.9. The average molecular weight is 452 g/mol. The van der Waals surface area contributed by atoms with Crippen molar-refractivity contribution in [3.05, 3.63) is 50.5 Å². The van der Waals surface area contributed by atoms with E-state index >= 15 is 0 Å². The van der Waals surface area contributed by atoms with Crippen LogP contribution in [0.4, 0.5) is 0 Å². The summed E-state index contributed by atoms with van der Waals surface area (Å²) in [5, 5.41) is 0. The third kappa shape index (κ3) is 3.70. The lowest BCUT2D eigenvalue weighted by Crippen LogP contribution is -2.40. The van der Waals surface area contributed by atoms with Gasteiger partial charge in [-0.25, -0.2) is 8.42 Å². The van der Waals surface area contributed by atoms with Gasteiger partial charge in [-0.2, -0.15) is 4.31 Å². The first-order valence-corrected chi connectivity index (χ1v) is 12.0. The summed E-state index contributed by atoms with van der Waals surface area (Å²) in [6.07, 6.45) is 9.49. The van der Waals surface area contributed by atoms with Crippen molar-refractivity contribution < 1.29 is 8.42 Å². The Bertz CT molecular complexity index is 878. The molecule has 0 aromatic heterocycles. The molecule has 1 aliphatic heterocycles. The summed E-state index contributed by atoms with van der Waals surface area (Å²) in [5.74, 6) is 0.901. The maximum atomic E-state index is 13.5. The van der Waals surface area contributed by atoms with Gasteiger partial charge in [-0.05, 0) is 92.1 Å². The monoisotopic (exact) mass is 451 g/mol. The lowest BCUT2D eigenvalue weighted by atomic mass is 9.83. The third-order valence-corrected chi connectivity index (χ3v) is 9.67. The van der Waals surface area contributed by atoms with E-state index in [1.165, 1.54) is 10.0 Å². The first-order chi connectivity index (χ1) is 12.7. The van der Waals surface area contributed by atoms with E-state index in [1.807, 2.05) is 27.7 Å². The molecule has 1 aromatic carbocycles. The molecular formula is C22H30BrNO2S. The van der Waals surface area contributed by atoms with E-state index in [9.17, 15) is 8.42 Å². The molecule has 0 saturated carbocycles. The van der Waals surface area contributed by atoms with Crippen LogP contribution >= 0.6 is 15.9 Å². The van der Waals surface area contributed by atoms with Crippen molar-refractivity contribution >= 4 is 26.0 Å². The standard InChI is InChI=1S/C22H30BrNO2S/c1-14-15(2)17(4)22(18(5)16(14)3)27(25,26)24-12-10-19(11-13-24)20-8-6-7-9-21(20)23/h6,8-9,19-20H,7,10-13H2,1-5H3. The molecule has 0 radical (unpaired) electrons. The van der Waals surface area contributed by atoms with Crippen molar-refractivity contribution in [1.82, 2.24) is 4.31 Å². The van der Waals surface area contributed by atoms with Gasteiger partial charge in [-0.15, -0.1) is 0 Å². The topological polar surface area (TPSA) is 37.4 Å². The molecule has 1 unspecified atom stereocenters. The number of hydrogen-bond donors (Lipinski definition) is 0. The predicted octanol–water partition coefficient (Wildman–Crippen LogP) is 5.48. The van der Waals surface area contributed by atoms with E-state index in [1.54, 1.807) is 4.31 Å². The SMILES string of the molecule is Cc1c(C)c(C)c(S(=O)(=O)N2CCC(C3C=CCC=C3Br)CC2)c(C)c1C. The maximum Gasteiger partial charge on any atom is 0.243 e. The maximum absolute atomic E-state index is 13.5. The molecule has 2 aliphatic rings. The highest BCUT2D eigenvalue weighted by Crippen LogP contribution is 2.38. The van der Waals surface area contributed by atoms with Crippen molar-refractivity contribution in [3.8, 4) is 0 Å². The number of piperidine rings is 1. The zero-order valence-corrected chi connectivity index (χ0v) is 19.4. The second kappa shape index (κ2) is 7.84. The van der Waals surface area contributed by atoms with E-state index in [0.717, 1.165) is 41.5 Å². The minimum Gasteiger partial charge on any atom is -0.207 e. The van der Waals surface area contributed by atoms with Crippen molar-refractivity contribution in [2.45, 2.75) is 58.8 Å². The number of benzene rings is 1. The fraction of sp³-hybridized carbons (Fsp3) is 0.545. The van der Waals surface area contributed by atoms with Gasteiger partial charge in [0, 0.05) is 19.0 Å². The van der Waals surface area contributed by atoms with Crippen LogP contribution in [-0.2, 0) is 10.0 Å². The fourth-order valence-electron chi connectivity index (χ4n) is 4.47. The first kappa shape index (κ1) is 20.8. The van der Waals surface area contributed by atoms with E-state index in [2.05, 4.69) is 41.1 Å². The summed E-state index contributed by atoms with van der Waals surface area (Å²) in [7, 11) is -3.46. The Morgan fingerprint density at radius 3 is 1.96 bits per heavy atom. The first-order valence-electron chi connectivity index (χ1n) is 9.75. The molecule has 27 heavy (non-hydrogen) atoms. The van der Waals surface area contributed by atoms with Gasteiger partial charge in [0.1, 0.15) is 0 Å². The van der Waals surface area contributed by atoms with E-state index < -0.39 is 10.0 Å². The molecule has 3 rings (SSSR count). The van der Waals surface area contributed by atoms with Crippen LogP contribution in [0.5, 0.6) is 0 Å². The van der Waals surface area contributed by atoms with Crippen LogP contribution in [-0.4, -0.2) is 25.8 Å². The molecule has 0 spiro atoms. The predicted molar refractivity (Wildman–Crippen MR) is 116 cm³/mol. The molecule has 1 aliphatic carbocycles. The van der Waals surface area contributed by atoms with Gasteiger partial charge in [0.05, 0.1) is 4.90 Å². The summed E-state index contributed by atoms with van der Waals surface area (Å²) in [5.41, 5.74) is 5.18. The van der Waals surface area contributed by atoms with Crippen molar-refractivity contribution in [2.24, 2.45) is 11.8 Å². The molecule has 1 atom stereocenters. The van der Waals surface area contributed by atoms with Crippen LogP contribution in [0, 0.1) is 46.5 Å². The summed E-state index contributed by atoms with van der Waals surface area (Å²) >= 11 is 3.70. The molecule has 1 heterocycles. The molecule has 0 amide bonds. The molecule has 1 saturated heterocycles. The Hall–Kier alpha value is -0.910. The van der Waals surface area contributed by atoms with Crippen LogP contribution in [0.15, 0.2) is 27.6 Å². The second-order valence-corrected chi connectivity index (χ2v) is 10.8. The van der Waals surface area contributed by atoms with E-state index in [0.29, 0.717) is 29.8 Å². The van der Waals surface area contributed by atoms with Crippen LogP contribution < -0.4 is 0 Å². The number of nitrogens with zero attached hydrogens (tertiary/aromatic N) is 1. The smallest absolute Gasteiger partial charge is 0.207 e. The average Bonchev–Trinajstić information content (AvgIpc) is 2.65. The van der Waals surface area contributed by atoms with E-state index in [-0.39, 0.29) is 0 Å². The van der Waals surface area contributed by atoms with Crippen LogP contribution in [0.3, 0.4) is 0 Å². The molecule has 0 N–H and O–H groups in total. The lowest BCUT2D eigenvalue weighted by molar-refractivity contribution is 0.248. The van der Waals surface area contributed by atoms with Gasteiger partial charge >= 0.3 is 0 Å². The van der Waals surface area contributed by atoms with Gasteiger partial charge < -0.3 is 0 Å². The quantitative estimate of drug-likeness (QED) is 0.570. The second-order valence-electron chi connectivity index (χ2n) is 7.97. The summed E-state index contributed by atoms with van der Waals surface area (Å²) in [6, 6.07) is 0. The highest BCUT2D eigenvalue weighted by molar-refractivity contribution is 9.11. The number of halogens is 1. The Kier molecular flexibility index (Phi) is 6.05. The van der Waals surface area contributed by atoms with Gasteiger partial charge in [0.2, 0.25) is 10.0 Å². The number of rotatable bonds is 3. The van der Waals surface area contributed by atoms with Crippen LogP contribution in [0.2, 0.25) is 0 Å². The third-order valence-electron chi connectivity index (χ3n) is 6.65. The van der Waals surface area contributed by atoms with Gasteiger partial charge in [0.25, 0.3) is 0 Å². The van der Waals surface area contributed by atoms with Crippen LogP contribution in [0.25, 0.3) is 0 Å². The van der Waals surface area contributed by atoms with Crippen LogP contribution in [0.1, 0.15) is 47.1 Å². The Morgan fingerprint density at radius 2 is 1.44 bits per heavy atom. The van der Waals surface area contributed by atoms with Crippen molar-refractivity contribution in [3.63, 3.8) is 0 Å². The Morgan fingerprint density at radius 1 is 0.926 bits per heavy atom. The van der Waals surface area contributed by atoms with Gasteiger partial charge in [0.15, 0.2) is 0 Å². The summed E-state index contributed by atoms with van der Waals surface area (Å²) in [6.45, 7) is 11.2. The largest absolute Gasteiger partial charge is 0.243 e. The fourth-order valence-corrected chi connectivity index (χ4v) is 7.22. The number of allylic oxidation sites excluding steroid dienone is 4. The lowest BCUT2D eigenvalue weighted by Gasteiger charge is -2.36. The molecular weight excluding hydrogens is 422 g/mol. The Labute approximate surface area is 172 Å². The van der Waals surface area contributed by atoms with Gasteiger partial charge in [-0.1, -0.05) is 34.2 Å². The highest BCUT2D eigenvalue weighted by Gasteiger charge is 2.35. The zero-order chi connectivity index (χ0) is 19.9. The number of hydrogen-bond acceptors (Lipinski definition) is 2. The Balaban J connectivity index is 1.85. The minimum absolute atomic E-state index is 0.399. The number of sulfonamides is 1. The molecule has 3 nitrogen and oxygen atoms in total. The molecule has 1 aromatic rings. The molecule has 148 valence electrons. The van der Waals surface area contributed by atoms with Crippen molar-refractivity contribution in [1.29, 1.82) is 0 Å². The van der Waals surface area contributed by atoms with Gasteiger partial charge in [-0.3, -0.25) is 0 Å². The molecule has 1 fully saturated rings. The van der Waals surface area contributed by atoms with E-state index in [4.69, 9.17) is 0 Å². The minimum atomic E-state index is -3.46. The van der Waals surface area contributed by atoms with Crippen molar-refractivity contribution in [2.75, 3.05) is 13.1 Å².